The second-order valence-corrected chi connectivity index (χ2v) is 16.9. The molecule has 1 aliphatic rings. The maximum atomic E-state index is 12.8. The summed E-state index contributed by atoms with van der Waals surface area (Å²) >= 11 is 0. The normalized spacial score (nSPS) is 24.0. The quantitative estimate of drug-likeness (QED) is 0.682. The summed E-state index contributed by atoms with van der Waals surface area (Å²) in [5.41, 5.74) is -0.306. The van der Waals surface area contributed by atoms with Crippen molar-refractivity contribution < 1.29 is 13.7 Å². The molecule has 3 rings (SSSR count). The molecule has 2 aromatic rings. The minimum atomic E-state index is -2.65. The Kier molecular flexibility index (Phi) is 7.31. The van der Waals surface area contributed by atoms with Gasteiger partial charge < -0.3 is 9.53 Å². The van der Waals surface area contributed by atoms with Crippen molar-refractivity contribution in [2.24, 2.45) is 5.41 Å². The predicted octanol–water partition coefficient (Wildman–Crippen LogP) is 4.25. The van der Waals surface area contributed by atoms with Gasteiger partial charge in [0.25, 0.3) is 8.32 Å². The number of benzene rings is 2. The van der Waals surface area contributed by atoms with Gasteiger partial charge in [-0.15, -0.1) is 0 Å². The van der Waals surface area contributed by atoms with Crippen molar-refractivity contribution in [1.29, 1.82) is 0 Å². The van der Waals surface area contributed by atoms with Crippen molar-refractivity contribution in [2.75, 3.05) is 5.75 Å². The van der Waals surface area contributed by atoms with E-state index in [-0.39, 0.29) is 21.8 Å². The topological polar surface area (TPSA) is 46.5 Å². The molecule has 1 fully saturated rings. The Bertz CT molecular complexity index is 832. The molecular weight excluding hydrogens is 420 g/mol. The molecule has 0 aliphatic carbocycles. The van der Waals surface area contributed by atoms with Gasteiger partial charge in [0, 0.05) is 22.7 Å². The van der Waals surface area contributed by atoms with Crippen LogP contribution in [0.1, 0.15) is 54.4 Å². The summed E-state index contributed by atoms with van der Waals surface area (Å²) in [6.07, 6.45) is 0.768. The molecule has 0 saturated carbocycles. The van der Waals surface area contributed by atoms with E-state index >= 15 is 0 Å². The molecule has 0 bridgehead atoms. The van der Waals surface area contributed by atoms with Crippen molar-refractivity contribution >= 4 is 29.5 Å². The Morgan fingerprint density at radius 1 is 0.935 bits per heavy atom. The van der Waals surface area contributed by atoms with E-state index in [1.165, 1.54) is 10.4 Å². The summed E-state index contributed by atoms with van der Waals surface area (Å²) in [4.78, 5) is 0. The minimum absolute atomic E-state index is 0.0222. The zero-order valence-electron chi connectivity index (χ0n) is 19.8. The Labute approximate surface area is 191 Å². The summed E-state index contributed by atoms with van der Waals surface area (Å²) in [7, 11) is -3.68. The zero-order chi connectivity index (χ0) is 22.9. The average molecular weight is 459 g/mol. The highest BCUT2D eigenvalue weighted by Crippen LogP contribution is 2.40. The van der Waals surface area contributed by atoms with Crippen LogP contribution in [0.2, 0.25) is 5.04 Å². The van der Waals surface area contributed by atoms with Gasteiger partial charge in [-0.25, -0.2) is 0 Å². The van der Waals surface area contributed by atoms with Crippen molar-refractivity contribution in [3.05, 3.63) is 60.7 Å². The summed E-state index contributed by atoms with van der Waals surface area (Å²) in [6, 6.07) is 21.3. The summed E-state index contributed by atoms with van der Waals surface area (Å²) in [6.45, 7) is 12.9. The fourth-order valence-electron chi connectivity index (χ4n) is 4.76. The fourth-order valence-corrected chi connectivity index (χ4v) is 11.4. The van der Waals surface area contributed by atoms with Crippen LogP contribution in [0.5, 0.6) is 0 Å². The molecule has 4 atom stereocenters. The van der Waals surface area contributed by atoms with Crippen LogP contribution in [0.25, 0.3) is 0 Å². The molecule has 0 spiro atoms. The average Bonchev–Trinajstić information content (AvgIpc) is 2.72. The third kappa shape index (κ3) is 5.05. The lowest BCUT2D eigenvalue weighted by Crippen LogP contribution is -2.68. The van der Waals surface area contributed by atoms with Crippen LogP contribution < -0.4 is 10.4 Å². The van der Waals surface area contributed by atoms with Crippen molar-refractivity contribution in [3.8, 4) is 0 Å². The summed E-state index contributed by atoms with van der Waals surface area (Å²) < 4.78 is 20.1. The lowest BCUT2D eigenvalue weighted by Gasteiger charge is -2.47. The van der Waals surface area contributed by atoms with Gasteiger partial charge in [0.1, 0.15) is 0 Å². The van der Waals surface area contributed by atoms with Crippen molar-refractivity contribution in [1.82, 2.24) is 0 Å². The largest absolute Gasteiger partial charge is 0.404 e. The molecule has 0 unspecified atom stereocenters. The Morgan fingerprint density at radius 3 is 1.84 bits per heavy atom. The molecule has 5 heteroatoms. The Balaban J connectivity index is 2.04. The molecule has 1 saturated heterocycles. The lowest BCUT2D eigenvalue weighted by atomic mass is 9.85. The van der Waals surface area contributed by atoms with E-state index in [0.717, 1.165) is 6.42 Å². The van der Waals surface area contributed by atoms with Gasteiger partial charge in [-0.1, -0.05) is 102 Å². The number of aliphatic hydroxyl groups is 1. The minimum Gasteiger partial charge on any atom is -0.404 e. The molecule has 0 amide bonds. The highest BCUT2D eigenvalue weighted by Gasteiger charge is 2.52. The molecule has 31 heavy (non-hydrogen) atoms. The van der Waals surface area contributed by atoms with Gasteiger partial charge in [-0.3, -0.25) is 4.21 Å². The van der Waals surface area contributed by atoms with Crippen LogP contribution in [-0.2, 0) is 15.2 Å². The maximum absolute atomic E-state index is 12.8. The fraction of sp³-hybridized carbons (Fsp3) is 0.538. The van der Waals surface area contributed by atoms with E-state index < -0.39 is 25.2 Å². The maximum Gasteiger partial charge on any atom is 0.261 e. The van der Waals surface area contributed by atoms with E-state index in [1.54, 1.807) is 0 Å². The first-order valence-electron chi connectivity index (χ1n) is 11.3. The van der Waals surface area contributed by atoms with Crippen LogP contribution >= 0.6 is 0 Å². The van der Waals surface area contributed by atoms with Gasteiger partial charge >= 0.3 is 0 Å². The van der Waals surface area contributed by atoms with Crippen molar-refractivity contribution in [2.45, 2.75) is 76.9 Å². The molecule has 1 aliphatic heterocycles. The Hall–Kier alpha value is -1.27. The zero-order valence-corrected chi connectivity index (χ0v) is 21.6. The first kappa shape index (κ1) is 24.4. The van der Waals surface area contributed by atoms with E-state index in [9.17, 15) is 9.32 Å². The van der Waals surface area contributed by atoms with E-state index in [2.05, 4.69) is 81.4 Å². The van der Waals surface area contributed by atoms with Gasteiger partial charge in [-0.2, -0.15) is 0 Å². The van der Waals surface area contributed by atoms with E-state index in [1.807, 2.05) is 20.8 Å². The predicted molar refractivity (Wildman–Crippen MR) is 134 cm³/mol. The van der Waals surface area contributed by atoms with Gasteiger partial charge in [0.2, 0.25) is 0 Å². The second kappa shape index (κ2) is 9.30. The van der Waals surface area contributed by atoms with Gasteiger partial charge in [0.15, 0.2) is 0 Å². The first-order chi connectivity index (χ1) is 14.5. The smallest absolute Gasteiger partial charge is 0.261 e. The van der Waals surface area contributed by atoms with Crippen LogP contribution in [0.15, 0.2) is 60.7 Å². The number of rotatable bonds is 5. The van der Waals surface area contributed by atoms with E-state index in [4.69, 9.17) is 4.43 Å². The number of hydrogen-bond donors (Lipinski definition) is 1. The SMILES string of the molecule is CC(C)(C)[C@@H](O)[C@@H]1C[C@@H](O[Si](c2ccccc2)(c2ccccc2)C(C)(C)C)CC[S@@]1=O. The van der Waals surface area contributed by atoms with Crippen LogP contribution in [0.3, 0.4) is 0 Å². The molecule has 1 N–H and O–H groups in total. The number of hydrogen-bond acceptors (Lipinski definition) is 3. The number of aliphatic hydroxyl groups excluding tert-OH is 1. The van der Waals surface area contributed by atoms with Crippen LogP contribution in [-0.4, -0.2) is 40.8 Å². The molecular formula is C26H38O3SSi. The standard InChI is InChI=1S/C26H38O3SSi/c1-25(2,3)24(27)23-19-20(17-18-30(23)28)29-31(26(4,5)6,21-13-9-7-10-14-21)22-15-11-8-12-16-22/h7-16,20,23-24,27H,17-19H2,1-6H3/t20-,23-,24-,30-/m0/s1. The molecule has 1 heterocycles. The van der Waals surface area contributed by atoms with Crippen molar-refractivity contribution in [3.63, 3.8) is 0 Å². The monoisotopic (exact) mass is 458 g/mol. The Morgan fingerprint density at radius 2 is 1.42 bits per heavy atom. The lowest BCUT2D eigenvalue weighted by molar-refractivity contribution is 0.0428. The third-order valence-corrected chi connectivity index (χ3v) is 13.3. The summed E-state index contributed by atoms with van der Waals surface area (Å²) in [5, 5.41) is 13.1. The summed E-state index contributed by atoms with van der Waals surface area (Å²) in [5.74, 6) is 0.584. The van der Waals surface area contributed by atoms with Gasteiger partial charge in [-0.05, 0) is 33.7 Å². The highest BCUT2D eigenvalue weighted by molar-refractivity contribution is 7.85. The second-order valence-electron chi connectivity index (χ2n) is 10.9. The molecule has 0 radical (unpaired) electrons. The van der Waals surface area contributed by atoms with Crippen LogP contribution in [0, 0.1) is 5.41 Å². The molecule has 0 aromatic heterocycles. The van der Waals surface area contributed by atoms with E-state index in [0.29, 0.717) is 12.2 Å². The van der Waals surface area contributed by atoms with Gasteiger partial charge in [0.05, 0.1) is 11.4 Å². The molecule has 170 valence electrons. The third-order valence-electron chi connectivity index (χ3n) is 6.47. The molecule has 2 aromatic carbocycles. The molecule has 3 nitrogen and oxygen atoms in total. The highest BCUT2D eigenvalue weighted by atomic mass is 32.2. The van der Waals surface area contributed by atoms with Crippen LogP contribution in [0.4, 0.5) is 0 Å². The first-order valence-corrected chi connectivity index (χ1v) is 14.6.